The van der Waals surface area contributed by atoms with Crippen LogP contribution in [0.2, 0.25) is 0 Å². The zero-order valence-corrected chi connectivity index (χ0v) is 20.3. The Kier molecular flexibility index (Phi) is 7.07. The van der Waals surface area contributed by atoms with Crippen molar-refractivity contribution in [2.75, 3.05) is 18.1 Å². The molecule has 0 aliphatic carbocycles. The molecule has 0 atom stereocenters. The van der Waals surface area contributed by atoms with Crippen molar-refractivity contribution in [1.82, 2.24) is 4.98 Å². The van der Waals surface area contributed by atoms with Crippen molar-refractivity contribution < 1.29 is 14.3 Å². The van der Waals surface area contributed by atoms with Crippen molar-refractivity contribution in [2.24, 2.45) is 0 Å². The maximum atomic E-state index is 13.7. The second-order valence-corrected chi connectivity index (χ2v) is 8.94. The molecule has 0 unspecified atom stereocenters. The van der Waals surface area contributed by atoms with E-state index in [1.54, 1.807) is 23.1 Å². The molecule has 7 heteroatoms. The molecule has 0 radical (unpaired) electrons. The highest BCUT2D eigenvalue weighted by Gasteiger charge is 2.23. The van der Waals surface area contributed by atoms with Crippen LogP contribution in [-0.4, -0.2) is 24.1 Å². The van der Waals surface area contributed by atoms with E-state index in [2.05, 4.69) is 15.9 Å². The SMILES string of the molecule is CCOc1ccc(C(=O)N(Cc2ccccc2)c2nc3ccc(Br)cc3s2)cc1OCC. The highest BCUT2D eigenvalue weighted by Crippen LogP contribution is 2.34. The van der Waals surface area contributed by atoms with Crippen LogP contribution in [0.15, 0.2) is 71.2 Å². The van der Waals surface area contributed by atoms with Crippen LogP contribution in [0, 0.1) is 0 Å². The molecule has 4 rings (SSSR count). The van der Waals surface area contributed by atoms with E-state index in [0.29, 0.717) is 42.0 Å². The fourth-order valence-corrected chi connectivity index (χ4v) is 4.85. The lowest BCUT2D eigenvalue weighted by atomic mass is 10.1. The van der Waals surface area contributed by atoms with Crippen molar-refractivity contribution in [3.8, 4) is 11.5 Å². The summed E-state index contributed by atoms with van der Waals surface area (Å²) in [5.41, 5.74) is 2.41. The van der Waals surface area contributed by atoms with Gasteiger partial charge in [-0.2, -0.15) is 0 Å². The molecule has 0 fully saturated rings. The molecule has 1 amide bonds. The van der Waals surface area contributed by atoms with Gasteiger partial charge in [0.15, 0.2) is 16.6 Å². The predicted molar refractivity (Wildman–Crippen MR) is 133 cm³/mol. The Balaban J connectivity index is 1.75. The number of fused-ring (bicyclic) bond motifs is 1. The number of ether oxygens (including phenoxy) is 2. The van der Waals surface area contributed by atoms with E-state index in [1.807, 2.05) is 62.4 Å². The molecule has 0 saturated carbocycles. The molecule has 3 aromatic carbocycles. The monoisotopic (exact) mass is 510 g/mol. The van der Waals surface area contributed by atoms with Crippen molar-refractivity contribution in [1.29, 1.82) is 0 Å². The number of carbonyl (C=O) groups excluding carboxylic acids is 1. The van der Waals surface area contributed by atoms with Gasteiger partial charge in [0, 0.05) is 10.0 Å². The predicted octanol–water partition coefficient (Wildman–Crippen LogP) is 6.70. The largest absolute Gasteiger partial charge is 0.490 e. The summed E-state index contributed by atoms with van der Waals surface area (Å²) in [6, 6.07) is 21.2. The second-order valence-electron chi connectivity index (χ2n) is 7.01. The van der Waals surface area contributed by atoms with Crippen molar-refractivity contribution in [3.63, 3.8) is 0 Å². The molecule has 1 aromatic heterocycles. The van der Waals surface area contributed by atoms with Crippen LogP contribution in [0.25, 0.3) is 10.2 Å². The van der Waals surface area contributed by atoms with E-state index in [1.165, 1.54) is 11.3 Å². The Labute approximate surface area is 199 Å². The summed E-state index contributed by atoms with van der Waals surface area (Å²) in [5, 5.41) is 0.652. The summed E-state index contributed by atoms with van der Waals surface area (Å²) in [6.45, 7) is 5.25. The number of nitrogens with zero attached hydrogens (tertiary/aromatic N) is 2. The summed E-state index contributed by atoms with van der Waals surface area (Å²) in [4.78, 5) is 20.2. The van der Waals surface area contributed by atoms with E-state index in [0.717, 1.165) is 20.3 Å². The third-order valence-electron chi connectivity index (χ3n) is 4.79. The van der Waals surface area contributed by atoms with E-state index in [4.69, 9.17) is 14.5 Å². The highest BCUT2D eigenvalue weighted by molar-refractivity contribution is 9.10. The molecule has 5 nitrogen and oxygen atoms in total. The lowest BCUT2D eigenvalue weighted by Crippen LogP contribution is -2.30. The van der Waals surface area contributed by atoms with Gasteiger partial charge < -0.3 is 9.47 Å². The number of anilines is 1. The number of hydrogen-bond acceptors (Lipinski definition) is 5. The van der Waals surface area contributed by atoms with E-state index < -0.39 is 0 Å². The van der Waals surface area contributed by atoms with Crippen molar-refractivity contribution >= 4 is 48.5 Å². The molecule has 0 aliphatic rings. The van der Waals surface area contributed by atoms with Gasteiger partial charge in [-0.25, -0.2) is 4.98 Å². The summed E-state index contributed by atoms with van der Waals surface area (Å²) >= 11 is 5.01. The number of benzene rings is 3. The Hall–Kier alpha value is -2.90. The first-order chi connectivity index (χ1) is 15.6. The fourth-order valence-electron chi connectivity index (χ4n) is 3.33. The number of halogens is 1. The minimum atomic E-state index is -0.143. The maximum Gasteiger partial charge on any atom is 0.260 e. The summed E-state index contributed by atoms with van der Waals surface area (Å²) in [5.74, 6) is 1.05. The van der Waals surface area contributed by atoms with Gasteiger partial charge in [0.1, 0.15) is 0 Å². The standard InChI is InChI=1S/C25H23BrN2O3S/c1-3-30-21-13-10-18(14-22(21)31-4-2)24(29)28(16-17-8-6-5-7-9-17)25-27-20-12-11-19(26)15-23(20)32-25/h5-15H,3-4,16H2,1-2H3. The Morgan fingerprint density at radius 3 is 2.47 bits per heavy atom. The Bertz CT molecular complexity index is 1230. The second kappa shape index (κ2) is 10.1. The molecule has 32 heavy (non-hydrogen) atoms. The lowest BCUT2D eigenvalue weighted by molar-refractivity contribution is 0.0984. The first-order valence-electron chi connectivity index (χ1n) is 10.4. The summed E-state index contributed by atoms with van der Waals surface area (Å²) in [6.07, 6.45) is 0. The zero-order valence-electron chi connectivity index (χ0n) is 17.9. The topological polar surface area (TPSA) is 51.7 Å². The summed E-state index contributed by atoms with van der Waals surface area (Å²) in [7, 11) is 0. The van der Waals surface area contributed by atoms with Gasteiger partial charge in [0.05, 0.1) is 30.0 Å². The molecule has 0 aliphatic heterocycles. The normalized spacial score (nSPS) is 10.8. The number of rotatable bonds is 8. The van der Waals surface area contributed by atoms with Gasteiger partial charge in [-0.15, -0.1) is 0 Å². The van der Waals surface area contributed by atoms with Crippen molar-refractivity contribution in [3.05, 3.63) is 82.3 Å². The zero-order chi connectivity index (χ0) is 22.5. The Morgan fingerprint density at radius 1 is 0.969 bits per heavy atom. The first-order valence-corrected chi connectivity index (χ1v) is 12.0. The van der Waals surface area contributed by atoms with Gasteiger partial charge in [0.25, 0.3) is 5.91 Å². The molecule has 0 saturated heterocycles. The number of hydrogen-bond donors (Lipinski definition) is 0. The van der Waals surface area contributed by atoms with Crippen LogP contribution in [-0.2, 0) is 6.54 Å². The maximum absolute atomic E-state index is 13.7. The third kappa shape index (κ3) is 4.95. The van der Waals surface area contributed by atoms with Crippen LogP contribution >= 0.6 is 27.3 Å². The van der Waals surface area contributed by atoms with E-state index >= 15 is 0 Å². The summed E-state index contributed by atoms with van der Waals surface area (Å²) < 4.78 is 13.4. The average Bonchev–Trinajstić information content (AvgIpc) is 3.22. The first kappa shape index (κ1) is 22.3. The molecule has 4 aromatic rings. The third-order valence-corrected chi connectivity index (χ3v) is 6.32. The molecule has 0 bridgehead atoms. The average molecular weight is 511 g/mol. The minimum Gasteiger partial charge on any atom is -0.490 e. The van der Waals surface area contributed by atoms with Crippen LogP contribution in [0.4, 0.5) is 5.13 Å². The van der Waals surface area contributed by atoms with Gasteiger partial charge in [-0.3, -0.25) is 9.69 Å². The number of thiazole rings is 1. The lowest BCUT2D eigenvalue weighted by Gasteiger charge is -2.21. The molecular formula is C25H23BrN2O3S. The van der Waals surface area contributed by atoms with E-state index in [-0.39, 0.29) is 5.91 Å². The number of aromatic nitrogens is 1. The smallest absolute Gasteiger partial charge is 0.260 e. The van der Waals surface area contributed by atoms with Crippen LogP contribution < -0.4 is 14.4 Å². The number of amides is 1. The van der Waals surface area contributed by atoms with E-state index in [9.17, 15) is 4.79 Å². The molecule has 0 N–H and O–H groups in total. The number of carbonyl (C=O) groups is 1. The minimum absolute atomic E-state index is 0.143. The van der Waals surface area contributed by atoms with Crippen LogP contribution in [0.1, 0.15) is 29.8 Å². The Morgan fingerprint density at radius 2 is 1.72 bits per heavy atom. The molecular weight excluding hydrogens is 488 g/mol. The quantitative estimate of drug-likeness (QED) is 0.264. The molecule has 0 spiro atoms. The van der Waals surface area contributed by atoms with Gasteiger partial charge in [0.2, 0.25) is 0 Å². The molecule has 164 valence electrons. The van der Waals surface area contributed by atoms with Gasteiger partial charge in [-0.1, -0.05) is 57.6 Å². The fraction of sp³-hybridized carbons (Fsp3) is 0.200. The van der Waals surface area contributed by atoms with Crippen LogP contribution in [0.5, 0.6) is 11.5 Å². The highest BCUT2D eigenvalue weighted by atomic mass is 79.9. The molecule has 1 heterocycles. The van der Waals surface area contributed by atoms with Crippen LogP contribution in [0.3, 0.4) is 0 Å². The van der Waals surface area contributed by atoms with Crippen molar-refractivity contribution in [2.45, 2.75) is 20.4 Å². The van der Waals surface area contributed by atoms with Gasteiger partial charge >= 0.3 is 0 Å². The van der Waals surface area contributed by atoms with Gasteiger partial charge in [-0.05, 0) is 55.8 Å².